The molecule has 0 radical (unpaired) electrons. The number of hydrogen-bond acceptors (Lipinski definition) is 3. The van der Waals surface area contributed by atoms with Crippen LogP contribution in [-0.2, 0) is 9.53 Å². The van der Waals surface area contributed by atoms with E-state index in [1.54, 1.807) is 0 Å². The van der Waals surface area contributed by atoms with E-state index in [4.69, 9.17) is 4.74 Å². The fourth-order valence-electron chi connectivity index (χ4n) is 3.98. The van der Waals surface area contributed by atoms with E-state index in [0.717, 1.165) is 22.3 Å². The van der Waals surface area contributed by atoms with Crippen LogP contribution in [0, 0.1) is 5.82 Å². The highest BCUT2D eigenvalue weighted by atomic mass is 79.9. The van der Waals surface area contributed by atoms with Gasteiger partial charge in [0.15, 0.2) is 0 Å². The third-order valence-corrected chi connectivity index (χ3v) is 6.04. The van der Waals surface area contributed by atoms with Gasteiger partial charge in [-0.3, -0.25) is 4.79 Å². The summed E-state index contributed by atoms with van der Waals surface area (Å²) in [5.41, 5.74) is 4.86. The third kappa shape index (κ3) is 4.46. The van der Waals surface area contributed by atoms with Gasteiger partial charge in [-0.05, 0) is 39.9 Å². The van der Waals surface area contributed by atoms with Crippen molar-refractivity contribution in [3.05, 3.63) is 93.7 Å². The number of aliphatic carboxylic acids is 1. The largest absolute Gasteiger partial charge is 0.481 e. The Labute approximate surface area is 187 Å². The molecule has 1 atom stereocenters. The molecular weight excluding hydrogens is 465 g/mol. The Bertz CT molecular complexity index is 1100. The van der Waals surface area contributed by atoms with Crippen molar-refractivity contribution in [1.82, 2.24) is 5.32 Å². The summed E-state index contributed by atoms with van der Waals surface area (Å²) in [6.07, 6.45) is -1.10. The van der Waals surface area contributed by atoms with Crippen LogP contribution in [0.1, 0.15) is 35.1 Å². The van der Waals surface area contributed by atoms with E-state index in [1.165, 1.54) is 18.2 Å². The maximum absolute atomic E-state index is 13.4. The molecule has 5 nitrogen and oxygen atoms in total. The van der Waals surface area contributed by atoms with Crippen molar-refractivity contribution in [2.24, 2.45) is 0 Å². The molecule has 0 saturated carbocycles. The lowest BCUT2D eigenvalue weighted by atomic mass is 9.98. The highest BCUT2D eigenvalue weighted by molar-refractivity contribution is 9.10. The number of benzene rings is 3. The van der Waals surface area contributed by atoms with Crippen LogP contribution in [0.25, 0.3) is 11.1 Å². The van der Waals surface area contributed by atoms with Gasteiger partial charge in [0.25, 0.3) is 0 Å². The smallest absolute Gasteiger partial charge is 0.407 e. The molecule has 0 spiro atoms. The molecule has 0 heterocycles. The van der Waals surface area contributed by atoms with Gasteiger partial charge in [-0.1, -0.05) is 70.5 Å². The number of carbonyl (C=O) groups is 2. The second-order valence-corrected chi connectivity index (χ2v) is 8.14. The summed E-state index contributed by atoms with van der Waals surface area (Å²) in [6, 6.07) is 19.0. The van der Waals surface area contributed by atoms with E-state index >= 15 is 0 Å². The monoisotopic (exact) mass is 483 g/mol. The summed E-state index contributed by atoms with van der Waals surface area (Å²) in [5, 5.41) is 11.8. The molecule has 158 valence electrons. The second-order valence-electron chi connectivity index (χ2n) is 7.29. The van der Waals surface area contributed by atoms with E-state index in [1.807, 2.05) is 48.5 Å². The zero-order valence-corrected chi connectivity index (χ0v) is 17.9. The number of carboxylic acid groups (broad SMARTS) is 1. The topological polar surface area (TPSA) is 75.6 Å². The number of halogens is 2. The number of carbonyl (C=O) groups excluding carboxylic acids is 1. The normalized spacial score (nSPS) is 13.2. The molecule has 7 heteroatoms. The quantitative estimate of drug-likeness (QED) is 0.475. The lowest BCUT2D eigenvalue weighted by Crippen LogP contribution is -2.32. The average Bonchev–Trinajstić information content (AvgIpc) is 3.05. The third-order valence-electron chi connectivity index (χ3n) is 5.35. The van der Waals surface area contributed by atoms with Crippen molar-refractivity contribution < 1.29 is 23.8 Å². The van der Waals surface area contributed by atoms with Crippen LogP contribution in [0.2, 0.25) is 0 Å². The van der Waals surface area contributed by atoms with Gasteiger partial charge in [-0.15, -0.1) is 0 Å². The maximum atomic E-state index is 13.4. The number of carboxylic acids is 1. The minimum atomic E-state index is -1.10. The Morgan fingerprint density at radius 1 is 1.03 bits per heavy atom. The van der Waals surface area contributed by atoms with E-state index in [0.29, 0.717) is 10.0 Å². The Kier molecular flexibility index (Phi) is 6.04. The van der Waals surface area contributed by atoms with Gasteiger partial charge in [0.1, 0.15) is 12.4 Å². The van der Waals surface area contributed by atoms with E-state index < -0.39 is 23.9 Å². The summed E-state index contributed by atoms with van der Waals surface area (Å²) in [5.74, 6) is -1.67. The number of nitrogens with one attached hydrogen (secondary N) is 1. The lowest BCUT2D eigenvalue weighted by molar-refractivity contribution is -0.137. The fraction of sp³-hybridized carbons (Fsp3) is 0.167. The molecule has 3 aromatic carbocycles. The van der Waals surface area contributed by atoms with Crippen molar-refractivity contribution in [3.63, 3.8) is 0 Å². The summed E-state index contributed by atoms with van der Waals surface area (Å²) in [6.45, 7) is 0.115. The van der Waals surface area contributed by atoms with Gasteiger partial charge >= 0.3 is 12.1 Å². The maximum Gasteiger partial charge on any atom is 0.407 e. The Morgan fingerprint density at radius 2 is 1.65 bits per heavy atom. The predicted octanol–water partition coefficient (Wildman–Crippen LogP) is 5.64. The molecule has 0 unspecified atom stereocenters. The van der Waals surface area contributed by atoms with Crippen molar-refractivity contribution >= 4 is 28.0 Å². The lowest BCUT2D eigenvalue weighted by Gasteiger charge is -2.20. The van der Waals surface area contributed by atoms with Gasteiger partial charge in [0, 0.05) is 10.4 Å². The van der Waals surface area contributed by atoms with Crippen LogP contribution in [0.5, 0.6) is 0 Å². The van der Waals surface area contributed by atoms with E-state index in [9.17, 15) is 19.1 Å². The number of rotatable bonds is 6. The molecule has 0 aliphatic heterocycles. The highest BCUT2D eigenvalue weighted by Gasteiger charge is 2.29. The molecule has 1 amide bonds. The van der Waals surface area contributed by atoms with E-state index in [-0.39, 0.29) is 18.9 Å². The first kappa shape index (κ1) is 21.1. The van der Waals surface area contributed by atoms with Crippen molar-refractivity contribution in [1.29, 1.82) is 0 Å². The van der Waals surface area contributed by atoms with Crippen molar-refractivity contribution in [2.75, 3.05) is 6.61 Å². The first-order chi connectivity index (χ1) is 14.9. The summed E-state index contributed by atoms with van der Waals surface area (Å²) >= 11 is 3.23. The van der Waals surface area contributed by atoms with Crippen LogP contribution in [0.15, 0.2) is 71.2 Å². The molecule has 31 heavy (non-hydrogen) atoms. The van der Waals surface area contributed by atoms with Crippen LogP contribution in [0.3, 0.4) is 0 Å². The molecule has 2 N–H and O–H groups in total. The summed E-state index contributed by atoms with van der Waals surface area (Å²) in [4.78, 5) is 23.9. The van der Waals surface area contributed by atoms with Crippen molar-refractivity contribution in [2.45, 2.75) is 18.4 Å². The first-order valence-corrected chi connectivity index (χ1v) is 10.5. The van der Waals surface area contributed by atoms with Crippen LogP contribution >= 0.6 is 15.9 Å². The Morgan fingerprint density at radius 3 is 2.23 bits per heavy atom. The number of alkyl carbamates (subject to hydrolysis) is 1. The van der Waals surface area contributed by atoms with Gasteiger partial charge in [0.05, 0.1) is 12.5 Å². The minimum absolute atomic E-state index is 0.103. The van der Waals surface area contributed by atoms with Crippen LogP contribution in [-0.4, -0.2) is 23.8 Å². The summed E-state index contributed by atoms with van der Waals surface area (Å²) in [7, 11) is 0. The minimum Gasteiger partial charge on any atom is -0.481 e. The molecule has 0 aromatic heterocycles. The molecule has 3 aromatic rings. The molecule has 1 aliphatic carbocycles. The Balaban J connectivity index is 1.50. The molecular formula is C24H19BrFNO4. The standard InChI is InChI=1S/C24H19BrFNO4/c25-21-11-14(26)9-10-19(21)22(12-23(28)29)27-24(30)31-13-20-17-7-3-1-5-15(17)16-6-2-4-8-18(16)20/h1-11,20,22H,12-13H2,(H,27,30)(H,28,29)/t22-/m0/s1. The van der Waals surface area contributed by atoms with Gasteiger partial charge in [-0.2, -0.15) is 0 Å². The van der Waals surface area contributed by atoms with Crippen LogP contribution < -0.4 is 5.32 Å². The van der Waals surface area contributed by atoms with E-state index in [2.05, 4.69) is 21.2 Å². The number of fused-ring (bicyclic) bond motifs is 3. The fourth-order valence-corrected chi connectivity index (χ4v) is 4.61. The van der Waals surface area contributed by atoms with Gasteiger partial charge in [0.2, 0.25) is 0 Å². The first-order valence-electron chi connectivity index (χ1n) is 9.72. The van der Waals surface area contributed by atoms with Gasteiger partial charge < -0.3 is 15.2 Å². The molecule has 1 aliphatic rings. The van der Waals surface area contributed by atoms with Crippen LogP contribution in [0.4, 0.5) is 9.18 Å². The average molecular weight is 484 g/mol. The van der Waals surface area contributed by atoms with Gasteiger partial charge in [-0.25, -0.2) is 9.18 Å². The summed E-state index contributed by atoms with van der Waals surface area (Å²) < 4.78 is 19.3. The molecule has 4 rings (SSSR count). The second kappa shape index (κ2) is 8.89. The highest BCUT2D eigenvalue weighted by Crippen LogP contribution is 2.44. The number of amides is 1. The molecule has 0 saturated heterocycles. The van der Waals surface area contributed by atoms with Crippen molar-refractivity contribution in [3.8, 4) is 11.1 Å². The zero-order valence-electron chi connectivity index (χ0n) is 16.3. The zero-order chi connectivity index (χ0) is 22.0. The Hall–Kier alpha value is -3.19. The predicted molar refractivity (Wildman–Crippen MR) is 117 cm³/mol. The number of ether oxygens (including phenoxy) is 1. The molecule has 0 bridgehead atoms. The molecule has 0 fully saturated rings. The SMILES string of the molecule is O=C(O)C[C@H](NC(=O)OCC1c2ccccc2-c2ccccc21)c1ccc(F)cc1Br. The number of hydrogen-bond donors (Lipinski definition) is 2.